The molecule has 0 unspecified atom stereocenters. The monoisotopic (exact) mass is 249 g/mol. The molecule has 0 aliphatic rings. The van der Waals surface area contributed by atoms with Crippen LogP contribution in [0.4, 0.5) is 0 Å². The lowest BCUT2D eigenvalue weighted by atomic mass is 10.0. The number of nitrogens with zero attached hydrogens (tertiary/aromatic N) is 1. The zero-order chi connectivity index (χ0) is 13.0. The van der Waals surface area contributed by atoms with Crippen LogP contribution in [0.2, 0.25) is 0 Å². The lowest BCUT2D eigenvalue weighted by Crippen LogP contribution is -2.07. The van der Waals surface area contributed by atoms with Crippen LogP contribution >= 0.6 is 0 Å². The predicted octanol–water partition coefficient (Wildman–Crippen LogP) is 1.73. The number of aromatic amines is 2. The molecule has 0 radical (unpaired) electrons. The Kier molecular flexibility index (Phi) is 4.15. The molecule has 1 atom stereocenters. The number of aromatic nitrogens is 3. The van der Waals surface area contributed by atoms with Crippen LogP contribution in [0.15, 0.2) is 17.3 Å². The summed E-state index contributed by atoms with van der Waals surface area (Å²) in [5, 5.41) is 9.66. The molecule has 18 heavy (non-hydrogen) atoms. The van der Waals surface area contributed by atoms with Gasteiger partial charge in [-0.05, 0) is 31.2 Å². The fourth-order valence-electron chi connectivity index (χ4n) is 2.20. The van der Waals surface area contributed by atoms with Crippen molar-refractivity contribution in [3.8, 4) is 0 Å². The first-order chi connectivity index (χ1) is 8.72. The molecule has 0 aliphatic carbocycles. The smallest absolute Gasteiger partial charge is 0.275 e. The number of nitrogens with one attached hydrogen (secondary N) is 2. The Hall–Kier alpha value is -1.62. The average Bonchev–Trinajstić information content (AvgIpc) is 2.75. The highest BCUT2D eigenvalue weighted by Crippen LogP contribution is 2.15. The number of hydrogen-bond donors (Lipinski definition) is 3. The van der Waals surface area contributed by atoms with Crippen molar-refractivity contribution in [3.05, 3.63) is 28.4 Å². The van der Waals surface area contributed by atoms with Crippen LogP contribution in [0.3, 0.4) is 0 Å². The van der Waals surface area contributed by atoms with E-state index in [0.717, 1.165) is 43.2 Å². The standard InChI is InChI=1S/C13H19N3O2/c1-2-4-10(17)6-3-5-9-7-14-12-11(9)15-8-16-13(12)18/h7-8,10,14,17H,2-6H2,1H3,(H,15,16,18)/t10-/m1/s1. The Balaban J connectivity index is 2.00. The van der Waals surface area contributed by atoms with Gasteiger partial charge in [-0.25, -0.2) is 4.98 Å². The third-order valence-corrected chi connectivity index (χ3v) is 3.15. The van der Waals surface area contributed by atoms with Gasteiger partial charge in [0, 0.05) is 6.20 Å². The highest BCUT2D eigenvalue weighted by molar-refractivity contribution is 5.77. The van der Waals surface area contributed by atoms with E-state index in [1.165, 1.54) is 6.33 Å². The van der Waals surface area contributed by atoms with Gasteiger partial charge in [-0.15, -0.1) is 0 Å². The van der Waals surface area contributed by atoms with E-state index in [9.17, 15) is 9.90 Å². The van der Waals surface area contributed by atoms with E-state index in [2.05, 4.69) is 21.9 Å². The minimum Gasteiger partial charge on any atom is -0.393 e. The highest BCUT2D eigenvalue weighted by atomic mass is 16.3. The fraction of sp³-hybridized carbons (Fsp3) is 0.538. The van der Waals surface area contributed by atoms with Gasteiger partial charge in [0.15, 0.2) is 0 Å². The van der Waals surface area contributed by atoms with Crippen LogP contribution < -0.4 is 5.56 Å². The topological polar surface area (TPSA) is 81.8 Å². The predicted molar refractivity (Wildman–Crippen MR) is 70.6 cm³/mol. The summed E-state index contributed by atoms with van der Waals surface area (Å²) in [4.78, 5) is 21.2. The van der Waals surface area contributed by atoms with Crippen molar-refractivity contribution in [1.82, 2.24) is 15.0 Å². The van der Waals surface area contributed by atoms with E-state index in [1.54, 1.807) is 0 Å². The molecule has 0 amide bonds. The Morgan fingerprint density at radius 1 is 1.39 bits per heavy atom. The Morgan fingerprint density at radius 2 is 2.22 bits per heavy atom. The summed E-state index contributed by atoms with van der Waals surface area (Å²) in [7, 11) is 0. The van der Waals surface area contributed by atoms with Gasteiger partial charge in [0.25, 0.3) is 5.56 Å². The minimum absolute atomic E-state index is 0.141. The molecule has 0 aromatic carbocycles. The van der Waals surface area contributed by atoms with E-state index < -0.39 is 0 Å². The maximum absolute atomic E-state index is 11.5. The van der Waals surface area contributed by atoms with Crippen LogP contribution in [0, 0.1) is 0 Å². The number of hydrogen-bond acceptors (Lipinski definition) is 3. The molecule has 5 heteroatoms. The molecule has 2 heterocycles. The molecule has 2 aromatic heterocycles. The highest BCUT2D eigenvalue weighted by Gasteiger charge is 2.08. The molecule has 0 bridgehead atoms. The van der Waals surface area contributed by atoms with E-state index in [-0.39, 0.29) is 11.7 Å². The summed E-state index contributed by atoms with van der Waals surface area (Å²) in [6.45, 7) is 2.07. The van der Waals surface area contributed by atoms with Gasteiger partial charge >= 0.3 is 0 Å². The zero-order valence-electron chi connectivity index (χ0n) is 10.6. The van der Waals surface area contributed by atoms with Crippen LogP contribution in [0.1, 0.15) is 38.2 Å². The second kappa shape index (κ2) is 5.82. The second-order valence-corrected chi connectivity index (χ2v) is 4.60. The van der Waals surface area contributed by atoms with Gasteiger partial charge in [0.1, 0.15) is 5.52 Å². The van der Waals surface area contributed by atoms with Gasteiger partial charge in [-0.3, -0.25) is 4.79 Å². The van der Waals surface area contributed by atoms with Crippen LogP contribution in [-0.2, 0) is 6.42 Å². The largest absolute Gasteiger partial charge is 0.393 e. The van der Waals surface area contributed by atoms with E-state index in [4.69, 9.17) is 0 Å². The number of aliphatic hydroxyl groups is 1. The molecule has 98 valence electrons. The first-order valence-electron chi connectivity index (χ1n) is 6.44. The molecular weight excluding hydrogens is 230 g/mol. The quantitative estimate of drug-likeness (QED) is 0.729. The van der Waals surface area contributed by atoms with Gasteiger partial charge in [0.05, 0.1) is 17.9 Å². The number of H-pyrrole nitrogens is 2. The SMILES string of the molecule is CCC[C@@H](O)CCCc1c[nH]c2c(=O)[nH]cnc12. The summed E-state index contributed by atoms with van der Waals surface area (Å²) >= 11 is 0. The van der Waals surface area contributed by atoms with Crippen molar-refractivity contribution < 1.29 is 5.11 Å². The van der Waals surface area contributed by atoms with Gasteiger partial charge in [-0.1, -0.05) is 13.3 Å². The number of rotatable bonds is 6. The molecule has 0 fully saturated rings. The molecule has 0 saturated heterocycles. The third kappa shape index (κ3) is 2.79. The lowest BCUT2D eigenvalue weighted by molar-refractivity contribution is 0.151. The van der Waals surface area contributed by atoms with Crippen molar-refractivity contribution in [2.45, 2.75) is 45.1 Å². The molecule has 0 saturated carbocycles. The van der Waals surface area contributed by atoms with Gasteiger partial charge in [-0.2, -0.15) is 0 Å². The van der Waals surface area contributed by atoms with Crippen molar-refractivity contribution in [3.63, 3.8) is 0 Å². The summed E-state index contributed by atoms with van der Waals surface area (Å²) in [5.74, 6) is 0. The lowest BCUT2D eigenvalue weighted by Gasteiger charge is -2.07. The van der Waals surface area contributed by atoms with Crippen molar-refractivity contribution in [2.24, 2.45) is 0 Å². The molecule has 0 spiro atoms. The van der Waals surface area contributed by atoms with Gasteiger partial charge < -0.3 is 15.1 Å². The normalized spacial score (nSPS) is 13.0. The molecule has 5 nitrogen and oxygen atoms in total. The molecular formula is C13H19N3O2. The minimum atomic E-state index is -0.212. The first kappa shape index (κ1) is 12.8. The van der Waals surface area contributed by atoms with Crippen LogP contribution in [0.5, 0.6) is 0 Å². The zero-order valence-corrected chi connectivity index (χ0v) is 10.6. The molecule has 0 aliphatic heterocycles. The summed E-state index contributed by atoms with van der Waals surface area (Å²) in [6, 6.07) is 0. The summed E-state index contributed by atoms with van der Waals surface area (Å²) in [6.07, 6.45) is 7.43. The summed E-state index contributed by atoms with van der Waals surface area (Å²) < 4.78 is 0. The number of aryl methyl sites for hydroxylation is 1. The van der Waals surface area contributed by atoms with E-state index >= 15 is 0 Å². The van der Waals surface area contributed by atoms with Crippen LogP contribution in [-0.4, -0.2) is 26.2 Å². The Morgan fingerprint density at radius 3 is 3.00 bits per heavy atom. The summed E-state index contributed by atoms with van der Waals surface area (Å²) in [5.41, 5.74) is 2.17. The number of fused-ring (bicyclic) bond motifs is 1. The van der Waals surface area contributed by atoms with Crippen molar-refractivity contribution in [1.29, 1.82) is 0 Å². The molecule has 2 rings (SSSR count). The fourth-order valence-corrected chi connectivity index (χ4v) is 2.20. The first-order valence-corrected chi connectivity index (χ1v) is 6.44. The van der Waals surface area contributed by atoms with Crippen molar-refractivity contribution in [2.75, 3.05) is 0 Å². The maximum atomic E-state index is 11.5. The van der Waals surface area contributed by atoms with E-state index in [1.807, 2.05) is 6.20 Å². The Bertz CT molecular complexity index is 559. The van der Waals surface area contributed by atoms with Gasteiger partial charge in [0.2, 0.25) is 0 Å². The molecule has 3 N–H and O–H groups in total. The average molecular weight is 249 g/mol. The second-order valence-electron chi connectivity index (χ2n) is 4.60. The third-order valence-electron chi connectivity index (χ3n) is 3.15. The number of aliphatic hydroxyl groups excluding tert-OH is 1. The Labute approximate surface area is 105 Å². The molecule has 2 aromatic rings. The maximum Gasteiger partial charge on any atom is 0.275 e. The van der Waals surface area contributed by atoms with Crippen LogP contribution in [0.25, 0.3) is 11.0 Å². The van der Waals surface area contributed by atoms with E-state index in [0.29, 0.717) is 5.52 Å². The van der Waals surface area contributed by atoms with Crippen molar-refractivity contribution >= 4 is 11.0 Å².